The predicted octanol–water partition coefficient (Wildman–Crippen LogP) is 7.41. The van der Waals surface area contributed by atoms with E-state index >= 15 is 4.11 Å². The number of nitrogens with zero attached hydrogens (tertiary/aromatic N) is 3. The third-order valence-electron chi connectivity index (χ3n) is 9.46. The molecule has 240 valence electrons. The van der Waals surface area contributed by atoms with Crippen molar-refractivity contribution in [2.75, 3.05) is 23.1 Å². The van der Waals surface area contributed by atoms with Gasteiger partial charge < -0.3 is 18.9 Å². The monoisotopic (exact) mass is 631 g/mol. The van der Waals surface area contributed by atoms with E-state index in [-0.39, 0.29) is 24.8 Å². The molecule has 3 aliphatic heterocycles. The number of halogens is 1. The number of hydrogen-bond donors (Lipinski definition) is 1. The molecular weight excluding hydrogens is 585 g/mol. The smallest absolute Gasteiger partial charge is 0.264 e. The number of hydrazone groups is 1. The lowest BCUT2D eigenvalue weighted by Gasteiger charge is -2.31. The molecule has 2 aromatic carbocycles. The summed E-state index contributed by atoms with van der Waals surface area (Å²) in [4.78, 5) is 29.6. The van der Waals surface area contributed by atoms with Gasteiger partial charge in [-0.3, -0.25) is 9.59 Å². The zero-order chi connectivity index (χ0) is 32.5. The van der Waals surface area contributed by atoms with Gasteiger partial charge in [-0.15, -0.1) is 0 Å². The molecule has 0 radical (unpaired) electrons. The molecule has 5 rings (SSSR count). The summed E-state index contributed by atoms with van der Waals surface area (Å²) >= 11 is 0. The van der Waals surface area contributed by atoms with Crippen molar-refractivity contribution < 1.29 is 23.5 Å². The fourth-order valence-corrected chi connectivity index (χ4v) is 9.82. The molecule has 1 spiro atoms. The predicted molar refractivity (Wildman–Crippen MR) is 181 cm³/mol. The highest BCUT2D eigenvalue weighted by Gasteiger charge is 2.66. The summed E-state index contributed by atoms with van der Waals surface area (Å²) in [6.07, 6.45) is 6.60. The number of carbonyl (C=O) groups excluding carboxylic acids is 2. The van der Waals surface area contributed by atoms with Gasteiger partial charge in [0.1, 0.15) is 0 Å². The van der Waals surface area contributed by atoms with Gasteiger partial charge in [0.05, 0.1) is 23.2 Å². The number of aliphatic hydroxyl groups excluding tert-OH is 1. The Kier molecular flexibility index (Phi) is 9.63. The van der Waals surface area contributed by atoms with Crippen LogP contribution in [0.2, 0.25) is 18.6 Å². The maximum absolute atomic E-state index is 16.0. The molecule has 0 aliphatic carbocycles. The molecule has 0 saturated carbocycles. The van der Waals surface area contributed by atoms with E-state index in [2.05, 4.69) is 32.9 Å². The SMILES string of the molecule is CC(C)=CCC/C(C)=C/CN1C(=O)[C@@]2(O[C@@H](CCO)[C@H]([Si](C)(C)F)[C@H]2C)c2cc(N3N=C(c4ccccc4)CCC3=O)ccc21. The molecule has 0 unspecified atom stereocenters. The fraction of sp³-hybridized carbons (Fsp3) is 0.472. The second-order valence-corrected chi connectivity index (χ2v) is 17.2. The molecule has 4 atom stereocenters. The van der Waals surface area contributed by atoms with Gasteiger partial charge in [0.15, 0.2) is 5.60 Å². The molecule has 0 bridgehead atoms. The normalized spacial score (nSPS) is 25.2. The van der Waals surface area contributed by atoms with Gasteiger partial charge in [0.2, 0.25) is 14.3 Å². The van der Waals surface area contributed by atoms with Crippen LogP contribution in [0.15, 0.2) is 76.9 Å². The lowest BCUT2D eigenvalue weighted by molar-refractivity contribution is -0.146. The summed E-state index contributed by atoms with van der Waals surface area (Å²) in [5.41, 5.74) is 4.17. The third-order valence-corrected chi connectivity index (χ3v) is 11.9. The van der Waals surface area contributed by atoms with E-state index in [0.29, 0.717) is 36.3 Å². The number of ether oxygens (including phenoxy) is 1. The number of fused-ring (bicyclic) bond motifs is 2. The van der Waals surface area contributed by atoms with Crippen molar-refractivity contribution in [2.24, 2.45) is 11.0 Å². The number of amides is 2. The van der Waals surface area contributed by atoms with E-state index in [1.807, 2.05) is 55.5 Å². The van der Waals surface area contributed by atoms with Crippen molar-refractivity contribution in [1.82, 2.24) is 0 Å². The quantitative estimate of drug-likeness (QED) is 0.168. The molecule has 9 heteroatoms. The van der Waals surface area contributed by atoms with Gasteiger partial charge in [0, 0.05) is 43.0 Å². The average molecular weight is 632 g/mol. The molecule has 1 saturated heterocycles. The Morgan fingerprint density at radius 1 is 1.11 bits per heavy atom. The minimum absolute atomic E-state index is 0.131. The molecule has 1 N–H and O–H groups in total. The molecule has 3 aliphatic rings. The van der Waals surface area contributed by atoms with Crippen molar-refractivity contribution in [1.29, 1.82) is 0 Å². The maximum Gasteiger partial charge on any atom is 0.264 e. The highest BCUT2D eigenvalue weighted by atomic mass is 28.4. The van der Waals surface area contributed by atoms with Crippen LogP contribution in [0.25, 0.3) is 0 Å². The standard InChI is InChI=1S/C36H46FN3O4Si/c1-24(2)11-10-12-25(3)19-21-39-31-17-15-28(40-33(42)18-16-30(38-40)27-13-8-7-9-14-27)23-29(31)36(35(39)43)26(4)34(45(5,6)37)32(44-36)20-22-41/h7-9,11,13-15,17,19,23,26,32,34,41H,10,12,16,18,20-22H2,1-6H3/b25-19+/t26-,32+,34-,36+/m1/s1. The van der Waals surface area contributed by atoms with E-state index in [1.54, 1.807) is 18.0 Å². The zero-order valence-electron chi connectivity index (χ0n) is 27.3. The third kappa shape index (κ3) is 6.35. The minimum Gasteiger partial charge on any atom is -0.396 e. The number of allylic oxidation sites excluding steroid dienone is 3. The van der Waals surface area contributed by atoms with E-state index < -0.39 is 31.6 Å². The molecular formula is C36H46FN3O4Si. The Hall–Kier alpha value is -3.40. The molecule has 45 heavy (non-hydrogen) atoms. The van der Waals surface area contributed by atoms with Crippen molar-refractivity contribution in [3.05, 3.63) is 83.0 Å². The van der Waals surface area contributed by atoms with Crippen molar-refractivity contribution in [3.8, 4) is 0 Å². The van der Waals surface area contributed by atoms with Crippen molar-refractivity contribution in [3.63, 3.8) is 0 Å². The van der Waals surface area contributed by atoms with Crippen molar-refractivity contribution in [2.45, 2.75) is 90.1 Å². The number of rotatable bonds is 10. The first-order chi connectivity index (χ1) is 21.4. The van der Waals surface area contributed by atoms with Crippen LogP contribution in [0.1, 0.15) is 70.9 Å². The molecule has 1 fully saturated rings. The second kappa shape index (κ2) is 13.1. The molecule has 2 amide bonds. The van der Waals surface area contributed by atoms with Crippen LogP contribution in [0.3, 0.4) is 0 Å². The fourth-order valence-electron chi connectivity index (χ4n) is 7.28. The molecule has 7 nitrogen and oxygen atoms in total. The first-order valence-electron chi connectivity index (χ1n) is 16.1. The minimum atomic E-state index is -3.33. The first kappa shape index (κ1) is 33.0. The number of anilines is 2. The summed E-state index contributed by atoms with van der Waals surface area (Å²) in [5, 5.41) is 16.1. The van der Waals surface area contributed by atoms with Crippen LogP contribution in [-0.2, 0) is 19.9 Å². The summed E-state index contributed by atoms with van der Waals surface area (Å²) < 4.78 is 22.7. The topological polar surface area (TPSA) is 82.4 Å². The van der Waals surface area contributed by atoms with E-state index in [4.69, 9.17) is 9.84 Å². The number of hydrogen-bond acceptors (Lipinski definition) is 5. The number of benzene rings is 2. The van der Waals surface area contributed by atoms with E-state index in [0.717, 1.165) is 24.1 Å². The van der Waals surface area contributed by atoms with Gasteiger partial charge in [-0.05, 0) is 76.9 Å². The Morgan fingerprint density at radius 3 is 2.51 bits per heavy atom. The van der Waals surface area contributed by atoms with E-state index in [1.165, 1.54) is 16.2 Å². The summed E-state index contributed by atoms with van der Waals surface area (Å²) in [7, 11) is -3.33. The number of carbonyl (C=O) groups is 2. The summed E-state index contributed by atoms with van der Waals surface area (Å²) in [6.45, 7) is 11.6. The van der Waals surface area contributed by atoms with Gasteiger partial charge in [-0.1, -0.05) is 60.6 Å². The van der Waals surface area contributed by atoms with Gasteiger partial charge in [0.25, 0.3) is 5.91 Å². The Labute approximate surface area is 267 Å². The Bertz CT molecular complexity index is 1530. The molecule has 2 aromatic rings. The maximum atomic E-state index is 16.0. The van der Waals surface area contributed by atoms with Crippen LogP contribution in [0.4, 0.5) is 15.5 Å². The van der Waals surface area contributed by atoms with Gasteiger partial charge in [-0.2, -0.15) is 5.10 Å². The Balaban J connectivity index is 1.59. The van der Waals surface area contributed by atoms with Crippen LogP contribution in [0, 0.1) is 5.92 Å². The van der Waals surface area contributed by atoms with Crippen molar-refractivity contribution >= 4 is 37.3 Å². The van der Waals surface area contributed by atoms with Gasteiger partial charge in [-0.25, -0.2) is 5.01 Å². The van der Waals surface area contributed by atoms with Gasteiger partial charge >= 0.3 is 0 Å². The van der Waals surface area contributed by atoms with Crippen LogP contribution in [-0.4, -0.2) is 50.3 Å². The first-order valence-corrected chi connectivity index (χ1v) is 19.0. The lowest BCUT2D eigenvalue weighted by atomic mass is 9.82. The molecule has 0 aromatic heterocycles. The summed E-state index contributed by atoms with van der Waals surface area (Å²) in [5.74, 6) is -0.832. The summed E-state index contributed by atoms with van der Waals surface area (Å²) in [6, 6.07) is 15.3. The molecule has 3 heterocycles. The van der Waals surface area contributed by atoms with Crippen LogP contribution >= 0.6 is 0 Å². The highest BCUT2D eigenvalue weighted by Crippen LogP contribution is 2.60. The largest absolute Gasteiger partial charge is 0.396 e. The van der Waals surface area contributed by atoms with Crippen LogP contribution in [0.5, 0.6) is 0 Å². The lowest BCUT2D eigenvalue weighted by Crippen LogP contribution is -2.45. The number of aliphatic hydroxyl groups is 1. The average Bonchev–Trinajstić information content (AvgIpc) is 3.42. The highest BCUT2D eigenvalue weighted by molar-refractivity contribution is 6.72. The van der Waals surface area contributed by atoms with Crippen LogP contribution < -0.4 is 9.91 Å². The zero-order valence-corrected chi connectivity index (χ0v) is 28.3. The Morgan fingerprint density at radius 2 is 1.84 bits per heavy atom. The van der Waals surface area contributed by atoms with E-state index in [9.17, 15) is 14.7 Å². The second-order valence-electron chi connectivity index (χ2n) is 13.4.